The van der Waals surface area contributed by atoms with Crippen LogP contribution in [-0.2, 0) is 0 Å². The minimum atomic E-state index is 0.0682. The first-order chi connectivity index (χ1) is 23.8. The van der Waals surface area contributed by atoms with Crippen molar-refractivity contribution in [1.82, 2.24) is 9.13 Å². The van der Waals surface area contributed by atoms with Crippen molar-refractivity contribution in [3.8, 4) is 27.9 Å². The molecule has 2 atom stereocenters. The van der Waals surface area contributed by atoms with Crippen molar-refractivity contribution < 1.29 is 0 Å². The van der Waals surface area contributed by atoms with E-state index in [0.29, 0.717) is 0 Å². The second-order valence-electron chi connectivity index (χ2n) is 13.1. The monoisotopic (exact) mass is 614 g/mol. The zero-order valence-electron chi connectivity index (χ0n) is 26.1. The lowest BCUT2D eigenvalue weighted by Crippen LogP contribution is -2.29. The lowest BCUT2D eigenvalue weighted by molar-refractivity contribution is 0.540. The summed E-state index contributed by atoms with van der Waals surface area (Å²) in [5.74, 6) is 0. The fourth-order valence-corrected chi connectivity index (χ4v) is 8.49. The molecular weight excluding hydrogens is 585 g/mol. The molecule has 4 heterocycles. The molecule has 48 heavy (non-hydrogen) atoms. The van der Waals surface area contributed by atoms with Gasteiger partial charge >= 0.3 is 0 Å². The molecule has 0 saturated heterocycles. The lowest BCUT2D eigenvalue weighted by Gasteiger charge is -2.33. The van der Waals surface area contributed by atoms with E-state index in [4.69, 9.17) is 0 Å². The maximum Gasteiger partial charge on any atom is 0.129 e. The summed E-state index contributed by atoms with van der Waals surface area (Å²) in [5.41, 5.74) is 14.6. The molecule has 0 radical (unpaired) electrons. The number of rotatable bonds is 3. The van der Waals surface area contributed by atoms with Crippen molar-refractivity contribution >= 4 is 55.0 Å². The SMILES string of the molecule is c1ccc(-c2cc(-c3ccccc3)cc(-n3c4ccccc4c4ccc5c(c6cccc7c6n5C5Nc6ccccc6NC75)c43)c2)cc1. The van der Waals surface area contributed by atoms with Crippen molar-refractivity contribution in [2.24, 2.45) is 0 Å². The van der Waals surface area contributed by atoms with Gasteiger partial charge in [0.05, 0.1) is 39.5 Å². The Bertz CT molecular complexity index is 2680. The summed E-state index contributed by atoms with van der Waals surface area (Å²) in [6, 6.07) is 57.7. The van der Waals surface area contributed by atoms with Crippen LogP contribution in [0.4, 0.5) is 11.4 Å². The number of aromatic nitrogens is 2. The van der Waals surface area contributed by atoms with Crippen molar-refractivity contribution in [2.75, 3.05) is 10.6 Å². The fraction of sp³-hybridized carbons (Fsp3) is 0.0455. The van der Waals surface area contributed by atoms with Gasteiger partial charge < -0.3 is 19.8 Å². The van der Waals surface area contributed by atoms with E-state index in [1.165, 1.54) is 71.4 Å². The van der Waals surface area contributed by atoms with Gasteiger partial charge in [-0.25, -0.2) is 0 Å². The first kappa shape index (κ1) is 25.9. The molecule has 2 aliphatic heterocycles. The number of benzene rings is 7. The summed E-state index contributed by atoms with van der Waals surface area (Å²) in [5, 5.41) is 12.9. The Morgan fingerprint density at radius 3 is 1.83 bits per heavy atom. The molecule has 2 unspecified atom stereocenters. The first-order valence-electron chi connectivity index (χ1n) is 16.7. The molecule has 0 amide bonds. The second-order valence-corrected chi connectivity index (χ2v) is 13.1. The van der Waals surface area contributed by atoms with Gasteiger partial charge in [-0.3, -0.25) is 0 Å². The molecule has 2 aliphatic rings. The van der Waals surface area contributed by atoms with Gasteiger partial charge in [-0.05, 0) is 64.7 Å². The molecule has 0 bridgehead atoms. The number of para-hydroxylation sites is 4. The van der Waals surface area contributed by atoms with E-state index in [9.17, 15) is 0 Å². The summed E-state index contributed by atoms with van der Waals surface area (Å²) < 4.78 is 5.06. The molecule has 4 heteroatoms. The molecule has 7 aromatic carbocycles. The Balaban J connectivity index is 1.25. The largest absolute Gasteiger partial charge is 0.373 e. The summed E-state index contributed by atoms with van der Waals surface area (Å²) >= 11 is 0. The highest BCUT2D eigenvalue weighted by molar-refractivity contribution is 6.26. The van der Waals surface area contributed by atoms with Crippen LogP contribution in [0.5, 0.6) is 0 Å². The molecule has 0 fully saturated rings. The highest BCUT2D eigenvalue weighted by Gasteiger charge is 2.39. The van der Waals surface area contributed by atoms with Gasteiger partial charge in [0.15, 0.2) is 0 Å². The Morgan fingerprint density at radius 1 is 0.438 bits per heavy atom. The molecule has 4 nitrogen and oxygen atoms in total. The number of nitrogens with one attached hydrogen (secondary N) is 2. The summed E-state index contributed by atoms with van der Waals surface area (Å²) in [4.78, 5) is 0. The van der Waals surface area contributed by atoms with Crippen molar-refractivity contribution in [1.29, 1.82) is 0 Å². The Kier molecular flexibility index (Phi) is 5.19. The van der Waals surface area contributed by atoms with E-state index in [-0.39, 0.29) is 12.2 Å². The van der Waals surface area contributed by atoms with Gasteiger partial charge in [0.25, 0.3) is 0 Å². The average molecular weight is 615 g/mol. The van der Waals surface area contributed by atoms with Crippen molar-refractivity contribution in [3.63, 3.8) is 0 Å². The standard InChI is InChI=1S/C44H30N4/c1-3-12-27(13-4-1)29-24-30(28-14-5-2-6-15-28)26-31(25-29)47-38-21-10-7-16-32(38)33-22-23-39-40(43(33)47)34-17-11-18-35-41-44(48(39)42(34)35)46-37-20-9-8-19-36(37)45-41/h1-26,41,44-46H. The maximum absolute atomic E-state index is 3.91. The summed E-state index contributed by atoms with van der Waals surface area (Å²) in [6.45, 7) is 0. The van der Waals surface area contributed by atoms with Crippen LogP contribution in [-0.4, -0.2) is 9.13 Å². The van der Waals surface area contributed by atoms with E-state index in [0.717, 1.165) is 17.1 Å². The van der Waals surface area contributed by atoms with Gasteiger partial charge in [-0.15, -0.1) is 0 Å². The van der Waals surface area contributed by atoms with Gasteiger partial charge in [-0.2, -0.15) is 0 Å². The minimum Gasteiger partial charge on any atom is -0.373 e. The Morgan fingerprint density at radius 2 is 1.08 bits per heavy atom. The third kappa shape index (κ3) is 3.49. The molecule has 0 saturated carbocycles. The highest BCUT2D eigenvalue weighted by atomic mass is 15.3. The van der Waals surface area contributed by atoms with Crippen LogP contribution in [0.3, 0.4) is 0 Å². The lowest BCUT2D eigenvalue weighted by atomic mass is 9.97. The summed E-state index contributed by atoms with van der Waals surface area (Å²) in [7, 11) is 0. The third-order valence-corrected chi connectivity index (χ3v) is 10.5. The smallest absolute Gasteiger partial charge is 0.129 e. The normalized spacial score (nSPS) is 16.2. The fourth-order valence-electron chi connectivity index (χ4n) is 8.49. The third-order valence-electron chi connectivity index (χ3n) is 10.5. The second kappa shape index (κ2) is 9.63. The van der Waals surface area contributed by atoms with Crippen molar-refractivity contribution in [3.05, 3.63) is 163 Å². The van der Waals surface area contributed by atoms with E-state index in [2.05, 4.69) is 177 Å². The van der Waals surface area contributed by atoms with Crippen LogP contribution >= 0.6 is 0 Å². The predicted molar refractivity (Wildman–Crippen MR) is 200 cm³/mol. The molecule has 2 N–H and O–H groups in total. The van der Waals surface area contributed by atoms with Gasteiger partial charge in [0.1, 0.15) is 6.17 Å². The van der Waals surface area contributed by atoms with Gasteiger partial charge in [-0.1, -0.05) is 115 Å². The van der Waals surface area contributed by atoms with Crippen LogP contribution in [0.1, 0.15) is 17.8 Å². The van der Waals surface area contributed by atoms with E-state index >= 15 is 0 Å². The number of nitrogens with zero attached hydrogens (tertiary/aromatic N) is 2. The highest BCUT2D eigenvalue weighted by Crippen LogP contribution is 2.52. The molecule has 226 valence electrons. The quantitative estimate of drug-likeness (QED) is 0.208. The Hall–Kier alpha value is -6.26. The van der Waals surface area contributed by atoms with Crippen LogP contribution in [0, 0.1) is 0 Å². The van der Waals surface area contributed by atoms with E-state index in [1.807, 2.05) is 0 Å². The van der Waals surface area contributed by atoms with Crippen LogP contribution in [0.2, 0.25) is 0 Å². The molecule has 2 aromatic heterocycles. The zero-order valence-corrected chi connectivity index (χ0v) is 26.1. The predicted octanol–water partition coefficient (Wildman–Crippen LogP) is 11.3. The molecule has 0 spiro atoms. The van der Waals surface area contributed by atoms with Crippen LogP contribution in [0.25, 0.3) is 71.6 Å². The molecule has 9 aromatic rings. The molecule has 11 rings (SSSR count). The average Bonchev–Trinajstić information content (AvgIpc) is 3.79. The maximum atomic E-state index is 3.91. The first-order valence-corrected chi connectivity index (χ1v) is 16.7. The molecular formula is C44H30N4. The van der Waals surface area contributed by atoms with Crippen molar-refractivity contribution in [2.45, 2.75) is 12.2 Å². The van der Waals surface area contributed by atoms with Crippen LogP contribution in [0.15, 0.2) is 158 Å². The van der Waals surface area contributed by atoms with Crippen LogP contribution < -0.4 is 10.6 Å². The number of fused-ring (bicyclic) bond motifs is 11. The van der Waals surface area contributed by atoms with Gasteiger partial charge in [0, 0.05) is 32.8 Å². The minimum absolute atomic E-state index is 0.0682. The number of hydrogen-bond acceptors (Lipinski definition) is 2. The number of anilines is 2. The van der Waals surface area contributed by atoms with E-state index in [1.54, 1.807) is 0 Å². The van der Waals surface area contributed by atoms with E-state index < -0.39 is 0 Å². The summed E-state index contributed by atoms with van der Waals surface area (Å²) in [6.07, 6.45) is 0.0682. The number of hydrogen-bond donors (Lipinski definition) is 2. The Labute approximate surface area is 277 Å². The molecule has 0 aliphatic carbocycles. The topological polar surface area (TPSA) is 33.9 Å². The zero-order chi connectivity index (χ0) is 31.3. The van der Waals surface area contributed by atoms with Gasteiger partial charge in [0.2, 0.25) is 0 Å².